The van der Waals surface area contributed by atoms with Crippen molar-refractivity contribution in [2.24, 2.45) is 0 Å². The van der Waals surface area contributed by atoms with E-state index in [-0.39, 0.29) is 5.41 Å². The Kier molecular flexibility index (Phi) is 7.58. The Bertz CT molecular complexity index is 3480. The Balaban J connectivity index is 1.16. The first-order valence-corrected chi connectivity index (χ1v) is 20.8. The van der Waals surface area contributed by atoms with Gasteiger partial charge in [-0.3, -0.25) is 0 Å². The van der Waals surface area contributed by atoms with Crippen molar-refractivity contribution >= 4 is 60.8 Å². The lowest BCUT2D eigenvalue weighted by Crippen LogP contribution is -2.15. The third-order valence-corrected chi connectivity index (χ3v) is 12.8. The maximum Gasteiger partial charge on any atom is 0.143 e. The molecule has 1 aliphatic rings. The largest absolute Gasteiger partial charge is 0.455 e. The highest BCUT2D eigenvalue weighted by atomic mass is 16.3. The van der Waals surface area contributed by atoms with Gasteiger partial charge in [-0.15, -0.1) is 0 Å². The fourth-order valence-electron chi connectivity index (χ4n) is 10.1. The number of anilines is 3. The first-order valence-electron chi connectivity index (χ1n) is 20.8. The van der Waals surface area contributed by atoms with Crippen molar-refractivity contribution in [2.45, 2.75) is 19.3 Å². The minimum Gasteiger partial charge on any atom is -0.455 e. The van der Waals surface area contributed by atoms with Crippen LogP contribution in [0.25, 0.3) is 82.8 Å². The molecule has 12 rings (SSSR count). The van der Waals surface area contributed by atoms with Gasteiger partial charge in [-0.2, -0.15) is 0 Å². The molecule has 0 saturated carbocycles. The van der Waals surface area contributed by atoms with Gasteiger partial charge in [-0.1, -0.05) is 172 Å². The average Bonchev–Trinajstić information content (AvgIpc) is 3.93. The number of hydrogen-bond donors (Lipinski definition) is 0. The second kappa shape index (κ2) is 13.2. The normalized spacial score (nSPS) is 13.0. The van der Waals surface area contributed by atoms with Crippen molar-refractivity contribution in [1.82, 2.24) is 4.57 Å². The van der Waals surface area contributed by atoms with E-state index in [0.29, 0.717) is 0 Å². The van der Waals surface area contributed by atoms with Crippen molar-refractivity contribution in [3.05, 3.63) is 217 Å². The minimum atomic E-state index is -0.120. The van der Waals surface area contributed by atoms with Crippen molar-refractivity contribution in [3.63, 3.8) is 0 Å². The van der Waals surface area contributed by atoms with E-state index in [1.54, 1.807) is 0 Å². The van der Waals surface area contributed by atoms with Crippen molar-refractivity contribution in [1.29, 1.82) is 0 Å². The van der Waals surface area contributed by atoms with Crippen molar-refractivity contribution < 1.29 is 4.42 Å². The molecule has 3 heteroatoms. The van der Waals surface area contributed by atoms with E-state index in [4.69, 9.17) is 4.42 Å². The van der Waals surface area contributed by atoms with Gasteiger partial charge in [-0.25, -0.2) is 0 Å². The second-order valence-electron chi connectivity index (χ2n) is 16.4. The fourth-order valence-corrected chi connectivity index (χ4v) is 10.1. The Morgan fingerprint density at radius 3 is 1.97 bits per heavy atom. The highest BCUT2D eigenvalue weighted by Crippen LogP contribution is 2.54. The molecule has 2 heterocycles. The monoisotopic (exact) mass is 768 g/mol. The molecule has 0 unspecified atom stereocenters. The van der Waals surface area contributed by atoms with Crippen LogP contribution in [0.2, 0.25) is 0 Å². The van der Waals surface area contributed by atoms with Crippen LogP contribution in [-0.4, -0.2) is 4.57 Å². The molecule has 60 heavy (non-hydrogen) atoms. The molecule has 0 saturated heterocycles. The van der Waals surface area contributed by atoms with Crippen LogP contribution in [-0.2, 0) is 5.41 Å². The molecule has 0 atom stereocenters. The van der Waals surface area contributed by atoms with Crippen molar-refractivity contribution in [2.75, 3.05) is 4.90 Å². The summed E-state index contributed by atoms with van der Waals surface area (Å²) in [5, 5.41) is 4.67. The third-order valence-electron chi connectivity index (χ3n) is 12.8. The Hall–Kier alpha value is -7.62. The molecule has 0 amide bonds. The number of furan rings is 1. The van der Waals surface area contributed by atoms with Crippen LogP contribution in [0.15, 0.2) is 211 Å². The zero-order valence-electron chi connectivity index (χ0n) is 33.4. The predicted molar refractivity (Wildman–Crippen MR) is 251 cm³/mol. The maximum atomic E-state index is 6.61. The van der Waals surface area contributed by atoms with Gasteiger partial charge in [0, 0.05) is 49.5 Å². The summed E-state index contributed by atoms with van der Waals surface area (Å²) in [5.41, 5.74) is 18.3. The van der Waals surface area contributed by atoms with Gasteiger partial charge in [0.2, 0.25) is 0 Å². The van der Waals surface area contributed by atoms with Crippen LogP contribution in [0.1, 0.15) is 25.0 Å². The van der Waals surface area contributed by atoms with Gasteiger partial charge in [0.1, 0.15) is 11.2 Å². The molecule has 3 nitrogen and oxygen atoms in total. The molecular weight excluding hydrogens is 729 g/mol. The van der Waals surface area contributed by atoms with Crippen molar-refractivity contribution in [3.8, 4) is 39.1 Å². The molecule has 0 aliphatic heterocycles. The molecule has 1 aliphatic carbocycles. The molecule has 0 spiro atoms. The van der Waals surface area contributed by atoms with E-state index >= 15 is 0 Å². The minimum absolute atomic E-state index is 0.120. The Labute approximate surface area is 349 Å². The number of rotatable bonds is 6. The van der Waals surface area contributed by atoms with Crippen LogP contribution in [0.5, 0.6) is 0 Å². The van der Waals surface area contributed by atoms with Gasteiger partial charge in [0.15, 0.2) is 0 Å². The van der Waals surface area contributed by atoms with Gasteiger partial charge in [0.25, 0.3) is 0 Å². The topological polar surface area (TPSA) is 21.3 Å². The SMILES string of the molecule is CC1(C)c2ccccc2-c2c(-c3ccccc3N(c3cccc(-c4cccc5c4oc4ccccc45)c3)c3cccc4c5ccccc5n(-c5ccccc5)c34)cccc21. The number of fused-ring (bicyclic) bond motifs is 9. The Morgan fingerprint density at radius 2 is 1.07 bits per heavy atom. The molecule has 0 radical (unpaired) electrons. The summed E-state index contributed by atoms with van der Waals surface area (Å²) in [6.07, 6.45) is 0. The number of nitrogens with zero attached hydrogens (tertiary/aromatic N) is 2. The van der Waals surface area contributed by atoms with Gasteiger partial charge in [0.05, 0.1) is 22.4 Å². The van der Waals surface area contributed by atoms with E-state index in [1.165, 1.54) is 49.7 Å². The van der Waals surface area contributed by atoms with E-state index in [2.05, 4.69) is 224 Å². The highest BCUT2D eigenvalue weighted by Gasteiger charge is 2.37. The smallest absolute Gasteiger partial charge is 0.143 e. The molecule has 0 fully saturated rings. The van der Waals surface area contributed by atoms with E-state index in [9.17, 15) is 0 Å². The lowest BCUT2D eigenvalue weighted by molar-refractivity contribution is 0.660. The molecule has 11 aromatic rings. The summed E-state index contributed by atoms with van der Waals surface area (Å²) in [6, 6.07) is 74.9. The first-order chi connectivity index (χ1) is 29.6. The molecule has 0 bridgehead atoms. The average molecular weight is 769 g/mol. The Morgan fingerprint density at radius 1 is 0.450 bits per heavy atom. The number of aromatic nitrogens is 1. The van der Waals surface area contributed by atoms with Gasteiger partial charge in [-0.05, 0) is 81.9 Å². The van der Waals surface area contributed by atoms with Gasteiger partial charge < -0.3 is 13.9 Å². The predicted octanol–water partition coefficient (Wildman–Crippen LogP) is 15.8. The third kappa shape index (κ3) is 5.02. The molecule has 0 N–H and O–H groups in total. The van der Waals surface area contributed by atoms with E-state index < -0.39 is 0 Å². The van der Waals surface area contributed by atoms with Gasteiger partial charge >= 0.3 is 0 Å². The zero-order chi connectivity index (χ0) is 40.0. The summed E-state index contributed by atoms with van der Waals surface area (Å²) in [4.78, 5) is 2.49. The molecular formula is C57H40N2O. The van der Waals surface area contributed by atoms with E-state index in [1.807, 2.05) is 6.07 Å². The quantitative estimate of drug-likeness (QED) is 0.168. The lowest BCUT2D eigenvalue weighted by atomic mass is 9.82. The lowest BCUT2D eigenvalue weighted by Gasteiger charge is -2.30. The van der Waals surface area contributed by atoms with Crippen LogP contribution >= 0.6 is 0 Å². The van der Waals surface area contributed by atoms with Crippen LogP contribution < -0.4 is 4.90 Å². The van der Waals surface area contributed by atoms with Crippen LogP contribution in [0.3, 0.4) is 0 Å². The summed E-state index contributed by atoms with van der Waals surface area (Å²) < 4.78 is 9.05. The molecule has 2 aromatic heterocycles. The van der Waals surface area contributed by atoms with Crippen LogP contribution in [0.4, 0.5) is 17.1 Å². The number of hydrogen-bond acceptors (Lipinski definition) is 2. The number of para-hydroxylation sites is 6. The zero-order valence-corrected chi connectivity index (χ0v) is 33.4. The van der Waals surface area contributed by atoms with Crippen LogP contribution in [0, 0.1) is 0 Å². The molecule has 9 aromatic carbocycles. The molecule has 284 valence electrons. The van der Waals surface area contributed by atoms with E-state index in [0.717, 1.165) is 61.3 Å². The maximum absolute atomic E-state index is 6.61. The number of benzene rings is 9. The summed E-state index contributed by atoms with van der Waals surface area (Å²) >= 11 is 0. The summed E-state index contributed by atoms with van der Waals surface area (Å²) in [5.74, 6) is 0. The fraction of sp³-hybridized carbons (Fsp3) is 0.0526. The second-order valence-corrected chi connectivity index (χ2v) is 16.4. The first kappa shape index (κ1) is 34.4. The highest BCUT2D eigenvalue weighted by molar-refractivity contribution is 6.15. The summed E-state index contributed by atoms with van der Waals surface area (Å²) in [7, 11) is 0. The standard InChI is InChI=1S/C57H40N2O/c1-57(2)48-30-10-6-25-47(48)54-44(27-16-31-49(54)57)41-22-7-11-32-50(41)58(39-21-14-18-37(36-39)40-26-15-29-46-43-24-9-13-35-53(43)60-56(40)46)52-34-17-28-45-42-23-8-12-33-51(42)59(55(45)52)38-19-4-3-5-20-38/h3-36H,1-2H3. The summed E-state index contributed by atoms with van der Waals surface area (Å²) in [6.45, 7) is 4.72.